The number of halogens is 2. The Kier molecular flexibility index (Phi) is 13.8. The maximum atomic E-state index is 13.8. The van der Waals surface area contributed by atoms with E-state index in [0.29, 0.717) is 54.6 Å². The summed E-state index contributed by atoms with van der Waals surface area (Å²) in [5.41, 5.74) is 13.4. The van der Waals surface area contributed by atoms with Crippen molar-refractivity contribution < 1.29 is 14.3 Å². The zero-order valence-corrected chi connectivity index (χ0v) is 27.0. The number of ether oxygens (including phenoxy) is 1. The molecule has 2 amide bonds. The molecule has 0 saturated heterocycles. The predicted molar refractivity (Wildman–Crippen MR) is 175 cm³/mol. The van der Waals surface area contributed by atoms with Gasteiger partial charge in [-0.15, -0.1) is 5.10 Å². The van der Waals surface area contributed by atoms with Gasteiger partial charge in [-0.05, 0) is 63.3 Å². The third-order valence-corrected chi connectivity index (χ3v) is 7.23. The number of amides is 2. The van der Waals surface area contributed by atoms with Crippen molar-refractivity contribution in [1.29, 1.82) is 0 Å². The first-order valence-corrected chi connectivity index (χ1v) is 15.6. The molecular formula is C31H42Cl2N8O3. The first-order valence-electron chi connectivity index (χ1n) is 14.9. The number of carbonyl (C=O) groups is 2. The molecule has 6 N–H and O–H groups in total. The first-order chi connectivity index (χ1) is 21.1. The summed E-state index contributed by atoms with van der Waals surface area (Å²) in [5.74, 6) is -0.254. The normalized spacial score (nSPS) is 12.3. The van der Waals surface area contributed by atoms with Crippen LogP contribution in [0, 0.1) is 6.92 Å². The lowest BCUT2D eigenvalue weighted by molar-refractivity contribution is -0.124. The average Bonchev–Trinajstić information content (AvgIpc) is 3.48. The van der Waals surface area contributed by atoms with Crippen molar-refractivity contribution in [3.63, 3.8) is 0 Å². The summed E-state index contributed by atoms with van der Waals surface area (Å²) in [4.78, 5) is 35.3. The summed E-state index contributed by atoms with van der Waals surface area (Å²) in [5, 5.41) is 11.2. The van der Waals surface area contributed by atoms with Crippen LogP contribution >= 0.6 is 23.2 Å². The molecular weight excluding hydrogens is 603 g/mol. The highest BCUT2D eigenvalue weighted by Gasteiger charge is 2.27. The molecule has 0 bridgehead atoms. The number of hydrogen-bond donors (Lipinski definition) is 4. The maximum absolute atomic E-state index is 13.8. The second-order valence-corrected chi connectivity index (χ2v) is 11.4. The second-order valence-electron chi connectivity index (χ2n) is 10.6. The minimum Gasteiger partial charge on any atom is -0.493 e. The number of aliphatic imine (C=N–C) groups is 1. The van der Waals surface area contributed by atoms with Gasteiger partial charge in [0.1, 0.15) is 18.1 Å². The summed E-state index contributed by atoms with van der Waals surface area (Å²) < 4.78 is 7.44. The molecule has 3 aromatic rings. The predicted octanol–water partition coefficient (Wildman–Crippen LogP) is 5.26. The number of nitrogens with one attached hydrogen (secondary N) is 2. The molecule has 13 heteroatoms. The fourth-order valence-corrected chi connectivity index (χ4v) is 5.11. The van der Waals surface area contributed by atoms with Crippen molar-refractivity contribution >= 4 is 41.0 Å². The van der Waals surface area contributed by atoms with Crippen molar-refractivity contribution in [3.05, 3.63) is 69.7 Å². The van der Waals surface area contributed by atoms with Gasteiger partial charge in [-0.2, -0.15) is 0 Å². The zero-order valence-electron chi connectivity index (χ0n) is 25.5. The lowest BCUT2D eigenvalue weighted by Crippen LogP contribution is -2.48. The Hall–Kier alpha value is -3.83. The number of unbranched alkanes of at least 4 members (excludes halogenated alkanes) is 2. The minimum absolute atomic E-state index is 0.00765. The van der Waals surface area contributed by atoms with Crippen LogP contribution in [-0.2, 0) is 4.79 Å². The summed E-state index contributed by atoms with van der Waals surface area (Å²) >= 11 is 12.2. The number of benzene rings is 2. The van der Waals surface area contributed by atoms with Gasteiger partial charge in [0.15, 0.2) is 5.96 Å². The second kappa shape index (κ2) is 17.5. The molecule has 11 nitrogen and oxygen atoms in total. The molecule has 44 heavy (non-hydrogen) atoms. The summed E-state index contributed by atoms with van der Waals surface area (Å²) in [6, 6.07) is 9.72. The van der Waals surface area contributed by atoms with E-state index >= 15 is 0 Å². The smallest absolute Gasteiger partial charge is 0.291 e. The summed E-state index contributed by atoms with van der Waals surface area (Å²) in [6.45, 7) is 7.15. The van der Waals surface area contributed by atoms with Gasteiger partial charge in [0.05, 0.1) is 18.3 Å². The van der Waals surface area contributed by atoms with E-state index in [1.807, 2.05) is 32.0 Å². The Morgan fingerprint density at radius 1 is 1.00 bits per heavy atom. The van der Waals surface area contributed by atoms with Crippen LogP contribution in [0.4, 0.5) is 0 Å². The molecule has 0 saturated carbocycles. The van der Waals surface area contributed by atoms with Crippen molar-refractivity contribution in [2.45, 2.75) is 77.8 Å². The van der Waals surface area contributed by atoms with Crippen LogP contribution in [0.15, 0.2) is 47.7 Å². The number of aryl methyl sites for hydroxylation is 1. The van der Waals surface area contributed by atoms with Crippen LogP contribution in [0.5, 0.6) is 5.75 Å². The molecule has 0 radical (unpaired) electrons. The Bertz CT molecular complexity index is 1400. The van der Waals surface area contributed by atoms with Crippen molar-refractivity contribution in [2.75, 3.05) is 13.2 Å². The lowest BCUT2D eigenvalue weighted by Gasteiger charge is -2.25. The largest absolute Gasteiger partial charge is 0.493 e. The van der Waals surface area contributed by atoms with Gasteiger partial charge in [-0.3, -0.25) is 14.6 Å². The Morgan fingerprint density at radius 3 is 2.43 bits per heavy atom. The third kappa shape index (κ3) is 10.7. The standard InChI is InChI=1S/C31H42Cl2N8O3/c1-4-6-9-25(24-15-20(3)11-12-27(24)44-14-5-2)38-29(42)26(10-7-8-13-36-31(34)35)39-30(43)28-37-19-41(40-28)23-17-21(32)16-22(33)18-23/h11-12,15-19,25-26H,4-10,13-14H2,1-3H3,(H,38,42)(H,39,43)(H4,34,35,36). The van der Waals surface area contributed by atoms with Crippen LogP contribution in [0.2, 0.25) is 10.0 Å². The third-order valence-electron chi connectivity index (χ3n) is 6.79. The van der Waals surface area contributed by atoms with Gasteiger partial charge in [0, 0.05) is 22.2 Å². The number of nitrogens with two attached hydrogens (primary N) is 2. The SMILES string of the molecule is CCCCC(NC(=O)C(CCCCN=C(N)N)NC(=O)c1ncn(-c2cc(Cl)cc(Cl)c2)n1)c1cc(C)ccc1OCCC. The number of aromatic nitrogens is 3. The van der Waals surface area contributed by atoms with Gasteiger partial charge in [-0.1, -0.05) is 67.6 Å². The van der Waals surface area contributed by atoms with Crippen LogP contribution in [0.3, 0.4) is 0 Å². The fourth-order valence-electron chi connectivity index (χ4n) is 4.59. The first kappa shape index (κ1) is 34.7. The highest BCUT2D eigenvalue weighted by Crippen LogP contribution is 2.30. The van der Waals surface area contributed by atoms with E-state index in [-0.39, 0.29) is 23.7 Å². The quantitative estimate of drug-likeness (QED) is 0.0884. The van der Waals surface area contributed by atoms with E-state index in [9.17, 15) is 9.59 Å². The topological polar surface area (TPSA) is 163 Å². The Morgan fingerprint density at radius 2 is 1.75 bits per heavy atom. The molecule has 0 aliphatic rings. The number of carbonyl (C=O) groups excluding carboxylic acids is 2. The molecule has 2 unspecified atom stereocenters. The Labute approximate surface area is 268 Å². The van der Waals surface area contributed by atoms with Crippen LogP contribution < -0.4 is 26.8 Å². The molecule has 1 heterocycles. The average molecular weight is 646 g/mol. The van der Waals surface area contributed by atoms with E-state index in [2.05, 4.69) is 32.6 Å². The van der Waals surface area contributed by atoms with Crippen LogP contribution in [0.25, 0.3) is 5.69 Å². The van der Waals surface area contributed by atoms with E-state index in [1.165, 1.54) is 11.0 Å². The minimum atomic E-state index is -0.858. The van der Waals surface area contributed by atoms with Crippen LogP contribution in [-0.4, -0.2) is 51.7 Å². The monoisotopic (exact) mass is 644 g/mol. The van der Waals surface area contributed by atoms with Crippen molar-refractivity contribution in [1.82, 2.24) is 25.4 Å². The number of hydrogen-bond acceptors (Lipinski definition) is 6. The molecule has 3 rings (SSSR count). The summed E-state index contributed by atoms with van der Waals surface area (Å²) in [6.07, 6.45) is 6.40. The molecule has 2 atom stereocenters. The van der Waals surface area contributed by atoms with E-state index in [1.54, 1.807) is 18.2 Å². The summed E-state index contributed by atoms with van der Waals surface area (Å²) in [7, 11) is 0. The fraction of sp³-hybridized carbons (Fsp3) is 0.452. The van der Waals surface area contributed by atoms with Gasteiger partial charge in [0.2, 0.25) is 11.7 Å². The van der Waals surface area contributed by atoms with Gasteiger partial charge in [-0.25, -0.2) is 9.67 Å². The van der Waals surface area contributed by atoms with Crippen LogP contribution in [0.1, 0.15) is 86.6 Å². The molecule has 238 valence electrons. The number of guanidine groups is 1. The number of rotatable bonds is 17. The molecule has 0 fully saturated rings. The lowest BCUT2D eigenvalue weighted by atomic mass is 9.97. The molecule has 1 aromatic heterocycles. The van der Waals surface area contributed by atoms with E-state index < -0.39 is 11.9 Å². The molecule has 2 aromatic carbocycles. The molecule has 0 aliphatic carbocycles. The van der Waals surface area contributed by atoms with Gasteiger partial charge in [0.25, 0.3) is 5.91 Å². The maximum Gasteiger partial charge on any atom is 0.291 e. The van der Waals surface area contributed by atoms with Crippen molar-refractivity contribution in [2.24, 2.45) is 16.5 Å². The highest BCUT2D eigenvalue weighted by atomic mass is 35.5. The molecule has 0 spiro atoms. The molecule has 0 aliphatic heterocycles. The van der Waals surface area contributed by atoms with Gasteiger partial charge >= 0.3 is 0 Å². The highest BCUT2D eigenvalue weighted by molar-refractivity contribution is 6.34. The zero-order chi connectivity index (χ0) is 32.1. The van der Waals surface area contributed by atoms with E-state index in [4.69, 9.17) is 39.4 Å². The Balaban J connectivity index is 1.83. The number of nitrogens with zero attached hydrogens (tertiary/aromatic N) is 4. The van der Waals surface area contributed by atoms with E-state index in [0.717, 1.165) is 36.1 Å². The van der Waals surface area contributed by atoms with Crippen molar-refractivity contribution in [3.8, 4) is 11.4 Å². The van der Waals surface area contributed by atoms with Gasteiger partial charge < -0.3 is 26.8 Å².